The minimum Gasteiger partial charge on any atom is -0.469 e. The van der Waals surface area contributed by atoms with E-state index in [9.17, 15) is 13.6 Å². The van der Waals surface area contributed by atoms with E-state index in [4.69, 9.17) is 17.3 Å². The predicted octanol–water partition coefficient (Wildman–Crippen LogP) is 2.06. The standard InChI is InChI=1S/C10H11ClF2N2O2/c1-17-8(16)2-5-6(3-11)9(10(12)13)15-4-7(5)14/h4,10H,2-3,14H2,1H3. The van der Waals surface area contributed by atoms with Crippen LogP contribution in [0.25, 0.3) is 0 Å². The zero-order valence-electron chi connectivity index (χ0n) is 9.04. The normalized spacial score (nSPS) is 10.6. The molecular formula is C10H11ClF2N2O2. The van der Waals surface area contributed by atoms with Crippen molar-refractivity contribution in [1.82, 2.24) is 4.98 Å². The highest BCUT2D eigenvalue weighted by Crippen LogP contribution is 2.28. The molecular weight excluding hydrogens is 254 g/mol. The number of carbonyl (C=O) groups excluding carboxylic acids is 1. The van der Waals surface area contributed by atoms with E-state index in [1.165, 1.54) is 7.11 Å². The predicted molar refractivity (Wildman–Crippen MR) is 58.9 cm³/mol. The third-order valence-corrected chi connectivity index (χ3v) is 2.52. The number of nitrogens with zero attached hydrogens (tertiary/aromatic N) is 1. The van der Waals surface area contributed by atoms with Gasteiger partial charge in [0.15, 0.2) is 0 Å². The Balaban J connectivity index is 3.25. The van der Waals surface area contributed by atoms with Crippen molar-refractivity contribution in [3.8, 4) is 0 Å². The Hall–Kier alpha value is -1.43. The Morgan fingerprint density at radius 1 is 1.59 bits per heavy atom. The summed E-state index contributed by atoms with van der Waals surface area (Å²) < 4.78 is 29.8. The van der Waals surface area contributed by atoms with Crippen molar-refractivity contribution < 1.29 is 18.3 Å². The van der Waals surface area contributed by atoms with Crippen LogP contribution in [0.5, 0.6) is 0 Å². The smallest absolute Gasteiger partial charge is 0.310 e. The Labute approximate surface area is 102 Å². The van der Waals surface area contributed by atoms with E-state index in [0.29, 0.717) is 0 Å². The molecule has 0 saturated carbocycles. The number of halogens is 3. The van der Waals surface area contributed by atoms with Gasteiger partial charge in [-0.25, -0.2) is 8.78 Å². The molecule has 0 unspecified atom stereocenters. The van der Waals surface area contributed by atoms with Gasteiger partial charge in [-0.05, 0) is 5.56 Å². The lowest BCUT2D eigenvalue weighted by molar-refractivity contribution is -0.139. The van der Waals surface area contributed by atoms with Gasteiger partial charge in [0.05, 0.1) is 25.4 Å². The summed E-state index contributed by atoms with van der Waals surface area (Å²) in [6, 6.07) is 0. The fraction of sp³-hybridized carbons (Fsp3) is 0.400. The summed E-state index contributed by atoms with van der Waals surface area (Å²) in [5.41, 5.74) is 5.63. The Bertz CT molecular complexity index is 427. The van der Waals surface area contributed by atoms with Crippen molar-refractivity contribution in [3.63, 3.8) is 0 Å². The van der Waals surface area contributed by atoms with E-state index in [0.717, 1.165) is 6.20 Å². The van der Waals surface area contributed by atoms with E-state index in [2.05, 4.69) is 9.72 Å². The van der Waals surface area contributed by atoms with Crippen molar-refractivity contribution in [2.45, 2.75) is 18.7 Å². The van der Waals surface area contributed by atoms with Gasteiger partial charge in [-0.1, -0.05) is 0 Å². The summed E-state index contributed by atoms with van der Waals surface area (Å²) in [5, 5.41) is 0. The molecule has 0 spiro atoms. The molecule has 0 aromatic carbocycles. The monoisotopic (exact) mass is 264 g/mol. The Morgan fingerprint density at radius 2 is 2.24 bits per heavy atom. The van der Waals surface area contributed by atoms with Gasteiger partial charge in [0, 0.05) is 11.4 Å². The number of pyridine rings is 1. The maximum Gasteiger partial charge on any atom is 0.310 e. The molecule has 0 atom stereocenters. The van der Waals surface area contributed by atoms with Crippen molar-refractivity contribution >= 4 is 23.3 Å². The number of anilines is 1. The summed E-state index contributed by atoms with van der Waals surface area (Å²) >= 11 is 5.60. The lowest BCUT2D eigenvalue weighted by atomic mass is 10.0. The van der Waals surface area contributed by atoms with E-state index in [1.54, 1.807) is 0 Å². The molecule has 17 heavy (non-hydrogen) atoms. The number of nitrogen functional groups attached to an aromatic ring is 1. The van der Waals surface area contributed by atoms with Gasteiger partial charge >= 0.3 is 5.97 Å². The van der Waals surface area contributed by atoms with Gasteiger partial charge < -0.3 is 10.5 Å². The summed E-state index contributed by atoms with van der Waals surface area (Å²) in [6.45, 7) is 0. The largest absolute Gasteiger partial charge is 0.469 e. The lowest BCUT2D eigenvalue weighted by Crippen LogP contribution is -2.12. The second-order valence-corrected chi connectivity index (χ2v) is 3.51. The van der Waals surface area contributed by atoms with E-state index >= 15 is 0 Å². The van der Waals surface area contributed by atoms with Crippen LogP contribution in [0.3, 0.4) is 0 Å². The third-order valence-electron chi connectivity index (χ3n) is 2.25. The topological polar surface area (TPSA) is 65.2 Å². The molecule has 4 nitrogen and oxygen atoms in total. The number of alkyl halides is 3. The van der Waals surface area contributed by atoms with Crippen LogP contribution in [-0.2, 0) is 21.8 Å². The van der Waals surface area contributed by atoms with Gasteiger partial charge in [-0.15, -0.1) is 11.6 Å². The van der Waals surface area contributed by atoms with Crippen LogP contribution in [-0.4, -0.2) is 18.1 Å². The summed E-state index contributed by atoms with van der Waals surface area (Å²) in [7, 11) is 1.20. The molecule has 1 heterocycles. The molecule has 0 fully saturated rings. The van der Waals surface area contributed by atoms with Crippen molar-refractivity contribution in [3.05, 3.63) is 23.0 Å². The summed E-state index contributed by atoms with van der Waals surface area (Å²) in [6.07, 6.45) is -1.87. The van der Waals surface area contributed by atoms with Crippen LogP contribution in [0.15, 0.2) is 6.20 Å². The average Bonchev–Trinajstić information content (AvgIpc) is 2.30. The highest BCUT2D eigenvalue weighted by Gasteiger charge is 2.21. The van der Waals surface area contributed by atoms with Crippen LogP contribution >= 0.6 is 11.6 Å². The van der Waals surface area contributed by atoms with Crippen LogP contribution in [0.2, 0.25) is 0 Å². The Morgan fingerprint density at radius 3 is 2.71 bits per heavy atom. The number of carbonyl (C=O) groups is 1. The first kappa shape index (κ1) is 13.6. The minimum absolute atomic E-state index is 0.0899. The maximum absolute atomic E-state index is 12.7. The second kappa shape index (κ2) is 5.77. The molecule has 1 aromatic heterocycles. The first-order chi connectivity index (χ1) is 8.01. The Kier molecular flexibility index (Phi) is 4.62. The van der Waals surface area contributed by atoms with Crippen LogP contribution in [0, 0.1) is 0 Å². The zero-order chi connectivity index (χ0) is 13.0. The number of hydrogen-bond acceptors (Lipinski definition) is 4. The van der Waals surface area contributed by atoms with Gasteiger partial charge in [0.1, 0.15) is 5.69 Å². The first-order valence-electron chi connectivity index (χ1n) is 4.68. The number of hydrogen-bond donors (Lipinski definition) is 1. The number of ether oxygens (including phenoxy) is 1. The van der Waals surface area contributed by atoms with Crippen molar-refractivity contribution in [1.29, 1.82) is 0 Å². The molecule has 0 aliphatic carbocycles. The second-order valence-electron chi connectivity index (χ2n) is 3.24. The highest BCUT2D eigenvalue weighted by molar-refractivity contribution is 6.17. The molecule has 2 N–H and O–H groups in total. The zero-order valence-corrected chi connectivity index (χ0v) is 9.80. The molecule has 1 rings (SSSR count). The van der Waals surface area contributed by atoms with Crippen LogP contribution in [0.4, 0.5) is 14.5 Å². The SMILES string of the molecule is COC(=O)Cc1c(N)cnc(C(F)F)c1CCl. The maximum atomic E-state index is 12.7. The number of rotatable bonds is 4. The van der Waals surface area contributed by atoms with Gasteiger partial charge in [0.2, 0.25) is 0 Å². The summed E-state index contributed by atoms with van der Waals surface area (Å²) in [5.74, 6) is -0.765. The van der Waals surface area contributed by atoms with Gasteiger partial charge in [-0.3, -0.25) is 9.78 Å². The molecule has 0 aliphatic rings. The molecule has 0 saturated heterocycles. The summed E-state index contributed by atoms with van der Waals surface area (Å²) in [4.78, 5) is 14.7. The van der Waals surface area contributed by atoms with Gasteiger partial charge in [0.25, 0.3) is 6.43 Å². The fourth-order valence-electron chi connectivity index (χ4n) is 1.39. The molecule has 0 aliphatic heterocycles. The minimum atomic E-state index is -2.76. The highest BCUT2D eigenvalue weighted by atomic mass is 35.5. The fourth-order valence-corrected chi connectivity index (χ4v) is 1.68. The van der Waals surface area contributed by atoms with E-state index in [-0.39, 0.29) is 29.1 Å². The molecule has 0 amide bonds. The quantitative estimate of drug-likeness (QED) is 0.668. The number of nitrogens with two attached hydrogens (primary N) is 1. The number of aromatic nitrogens is 1. The van der Waals surface area contributed by atoms with Crippen LogP contribution in [0.1, 0.15) is 23.2 Å². The van der Waals surface area contributed by atoms with Gasteiger partial charge in [-0.2, -0.15) is 0 Å². The lowest BCUT2D eigenvalue weighted by Gasteiger charge is -2.13. The molecule has 0 radical (unpaired) electrons. The average molecular weight is 265 g/mol. The molecule has 0 bridgehead atoms. The van der Waals surface area contributed by atoms with E-state index < -0.39 is 18.1 Å². The van der Waals surface area contributed by atoms with Crippen molar-refractivity contribution in [2.75, 3.05) is 12.8 Å². The third kappa shape index (κ3) is 3.03. The van der Waals surface area contributed by atoms with Crippen LogP contribution < -0.4 is 5.73 Å². The number of methoxy groups -OCH3 is 1. The number of esters is 1. The van der Waals surface area contributed by atoms with Crippen molar-refractivity contribution in [2.24, 2.45) is 0 Å². The first-order valence-corrected chi connectivity index (χ1v) is 5.21. The molecule has 1 aromatic rings. The molecule has 94 valence electrons. The molecule has 7 heteroatoms. The van der Waals surface area contributed by atoms with E-state index in [1.807, 2.05) is 0 Å².